The van der Waals surface area contributed by atoms with Crippen LogP contribution in [0.3, 0.4) is 0 Å². The number of hydrogen-bond acceptors (Lipinski definition) is 3. The van der Waals surface area contributed by atoms with E-state index in [4.69, 9.17) is 11.0 Å². The Bertz CT molecular complexity index is 321. The summed E-state index contributed by atoms with van der Waals surface area (Å²) < 4.78 is 13.2. The lowest BCUT2D eigenvalue weighted by atomic mass is 9.96. The average molecular weight is 278 g/mol. The predicted molar refractivity (Wildman–Crippen MR) is 69.9 cm³/mol. The standard InChI is InChI=1S/C12H20FN3O.ClH/c1-3-4-8(2)11(15)12(17)16-7-9(13)5-10(16)6-14;/h8-11H,3-5,7,15H2,1-2H3;1H/t8-,9+,10-,11-;/m0./s1. The van der Waals surface area contributed by atoms with Crippen molar-refractivity contribution in [1.29, 1.82) is 5.26 Å². The molecule has 1 heterocycles. The smallest absolute Gasteiger partial charge is 0.240 e. The summed E-state index contributed by atoms with van der Waals surface area (Å²) in [4.78, 5) is 13.4. The van der Waals surface area contributed by atoms with E-state index in [0.29, 0.717) is 0 Å². The summed E-state index contributed by atoms with van der Waals surface area (Å²) in [6.45, 7) is 3.94. The number of hydrogen-bond donors (Lipinski definition) is 1. The number of alkyl halides is 1. The molecule has 1 saturated heterocycles. The second-order valence-electron chi connectivity index (χ2n) is 4.76. The van der Waals surface area contributed by atoms with Crippen molar-refractivity contribution >= 4 is 18.3 Å². The SMILES string of the molecule is CCC[C@H](C)[C@H](N)C(=O)N1C[C@H](F)C[C@H]1C#N.Cl. The Balaban J connectivity index is 0.00000289. The van der Waals surface area contributed by atoms with Crippen LogP contribution >= 0.6 is 12.4 Å². The van der Waals surface area contributed by atoms with E-state index in [2.05, 4.69) is 0 Å². The van der Waals surface area contributed by atoms with Crippen molar-refractivity contribution in [2.24, 2.45) is 11.7 Å². The number of nitrogens with zero attached hydrogens (tertiary/aromatic N) is 2. The fourth-order valence-corrected chi connectivity index (χ4v) is 2.22. The number of nitrogens with two attached hydrogens (primary N) is 1. The Morgan fingerprint density at radius 2 is 2.28 bits per heavy atom. The van der Waals surface area contributed by atoms with Crippen LogP contribution in [0.4, 0.5) is 4.39 Å². The third kappa shape index (κ3) is 3.82. The molecule has 0 radical (unpaired) electrons. The zero-order valence-electron chi connectivity index (χ0n) is 10.8. The maximum absolute atomic E-state index is 13.2. The topological polar surface area (TPSA) is 70.1 Å². The van der Waals surface area contributed by atoms with Gasteiger partial charge in [0.05, 0.1) is 18.7 Å². The second kappa shape index (κ2) is 7.55. The summed E-state index contributed by atoms with van der Waals surface area (Å²) in [6.07, 6.45) is 0.821. The molecule has 0 aromatic rings. The molecule has 0 saturated carbocycles. The summed E-state index contributed by atoms with van der Waals surface area (Å²) in [5.41, 5.74) is 5.87. The fraction of sp³-hybridized carbons (Fsp3) is 0.833. The summed E-state index contributed by atoms with van der Waals surface area (Å²) in [6, 6.07) is 0.677. The van der Waals surface area contributed by atoms with Crippen LogP contribution in [0.15, 0.2) is 0 Å². The minimum absolute atomic E-state index is 0. The molecule has 4 nitrogen and oxygen atoms in total. The lowest BCUT2D eigenvalue weighted by Gasteiger charge is -2.26. The minimum atomic E-state index is -1.10. The van der Waals surface area contributed by atoms with Gasteiger partial charge in [0.2, 0.25) is 5.91 Å². The molecule has 18 heavy (non-hydrogen) atoms. The van der Waals surface area contributed by atoms with Gasteiger partial charge in [0.15, 0.2) is 0 Å². The first-order valence-corrected chi connectivity index (χ1v) is 6.11. The van der Waals surface area contributed by atoms with E-state index < -0.39 is 18.3 Å². The number of likely N-dealkylation sites (tertiary alicyclic amines) is 1. The second-order valence-corrected chi connectivity index (χ2v) is 4.76. The van der Waals surface area contributed by atoms with Crippen LogP contribution in [-0.4, -0.2) is 35.6 Å². The van der Waals surface area contributed by atoms with Gasteiger partial charge in [0.25, 0.3) is 0 Å². The van der Waals surface area contributed by atoms with E-state index >= 15 is 0 Å². The van der Waals surface area contributed by atoms with Crippen molar-refractivity contribution in [3.63, 3.8) is 0 Å². The first kappa shape index (κ1) is 17.1. The molecule has 2 N–H and O–H groups in total. The zero-order valence-corrected chi connectivity index (χ0v) is 11.6. The molecule has 1 aliphatic heterocycles. The molecule has 0 aromatic heterocycles. The quantitative estimate of drug-likeness (QED) is 0.849. The lowest BCUT2D eigenvalue weighted by molar-refractivity contribution is -0.133. The third-order valence-electron chi connectivity index (χ3n) is 3.32. The molecule has 0 unspecified atom stereocenters. The van der Waals surface area contributed by atoms with Crippen LogP contribution in [0.5, 0.6) is 0 Å². The number of carbonyl (C=O) groups is 1. The number of carbonyl (C=O) groups excluding carboxylic acids is 1. The van der Waals surface area contributed by atoms with Crippen LogP contribution in [0.25, 0.3) is 0 Å². The molecular formula is C12H21ClFN3O. The Morgan fingerprint density at radius 3 is 2.78 bits per heavy atom. The van der Waals surface area contributed by atoms with Crippen molar-refractivity contribution in [3.05, 3.63) is 0 Å². The summed E-state index contributed by atoms with van der Waals surface area (Å²) in [5.74, 6) is -0.233. The van der Waals surface area contributed by atoms with Crippen molar-refractivity contribution < 1.29 is 9.18 Å². The Morgan fingerprint density at radius 1 is 1.67 bits per heavy atom. The van der Waals surface area contributed by atoms with E-state index in [1.807, 2.05) is 19.9 Å². The van der Waals surface area contributed by atoms with E-state index in [9.17, 15) is 9.18 Å². The first-order valence-electron chi connectivity index (χ1n) is 6.11. The molecule has 1 amide bonds. The molecule has 6 heteroatoms. The number of halogens is 2. The average Bonchev–Trinajstić information content (AvgIpc) is 2.68. The molecule has 0 aromatic carbocycles. The van der Waals surface area contributed by atoms with Gasteiger partial charge in [-0.05, 0) is 12.3 Å². The maximum atomic E-state index is 13.2. The molecule has 4 atom stereocenters. The van der Waals surface area contributed by atoms with Gasteiger partial charge >= 0.3 is 0 Å². The highest BCUT2D eigenvalue weighted by Gasteiger charge is 2.38. The largest absolute Gasteiger partial charge is 0.322 e. The monoisotopic (exact) mass is 277 g/mol. The van der Waals surface area contributed by atoms with Gasteiger partial charge in [-0.15, -0.1) is 12.4 Å². The molecule has 1 fully saturated rings. The predicted octanol–water partition coefficient (Wildman–Crippen LogP) is 1.63. The van der Waals surface area contributed by atoms with Gasteiger partial charge in [0, 0.05) is 6.42 Å². The number of rotatable bonds is 4. The van der Waals surface area contributed by atoms with Gasteiger partial charge in [-0.1, -0.05) is 20.3 Å². The maximum Gasteiger partial charge on any atom is 0.240 e. The Labute approximate surface area is 114 Å². The first-order chi connectivity index (χ1) is 8.01. The lowest BCUT2D eigenvalue weighted by Crippen LogP contribution is -2.48. The van der Waals surface area contributed by atoms with E-state index in [1.54, 1.807) is 0 Å². The third-order valence-corrected chi connectivity index (χ3v) is 3.32. The molecule has 104 valence electrons. The minimum Gasteiger partial charge on any atom is -0.322 e. The number of amides is 1. The van der Waals surface area contributed by atoms with Gasteiger partial charge < -0.3 is 10.6 Å². The van der Waals surface area contributed by atoms with Crippen molar-refractivity contribution in [1.82, 2.24) is 4.90 Å². The molecule has 0 bridgehead atoms. The van der Waals surface area contributed by atoms with Crippen LogP contribution < -0.4 is 5.73 Å². The van der Waals surface area contributed by atoms with Crippen LogP contribution in [-0.2, 0) is 4.79 Å². The van der Waals surface area contributed by atoms with Crippen LogP contribution in [0, 0.1) is 17.2 Å². The summed E-state index contributed by atoms with van der Waals surface area (Å²) in [5, 5.41) is 8.88. The normalized spacial score (nSPS) is 26.1. The fourth-order valence-electron chi connectivity index (χ4n) is 2.22. The molecule has 0 aliphatic carbocycles. The molecule has 0 spiro atoms. The Kier molecular flexibility index (Phi) is 7.19. The highest BCUT2D eigenvalue weighted by atomic mass is 35.5. The van der Waals surface area contributed by atoms with Gasteiger partial charge in [0.1, 0.15) is 12.2 Å². The highest BCUT2D eigenvalue weighted by molar-refractivity contribution is 5.85. The molecule has 1 aliphatic rings. The molecule has 1 rings (SSSR count). The van der Waals surface area contributed by atoms with Gasteiger partial charge in [-0.2, -0.15) is 5.26 Å². The molecular weight excluding hydrogens is 257 g/mol. The summed E-state index contributed by atoms with van der Waals surface area (Å²) >= 11 is 0. The van der Waals surface area contributed by atoms with Crippen LogP contribution in [0.2, 0.25) is 0 Å². The van der Waals surface area contributed by atoms with Gasteiger partial charge in [-0.25, -0.2) is 4.39 Å². The summed E-state index contributed by atoms with van der Waals surface area (Å²) in [7, 11) is 0. The Hall–Kier alpha value is -0.860. The highest BCUT2D eigenvalue weighted by Crippen LogP contribution is 2.22. The van der Waals surface area contributed by atoms with Gasteiger partial charge in [-0.3, -0.25) is 4.79 Å². The van der Waals surface area contributed by atoms with Crippen molar-refractivity contribution in [3.8, 4) is 6.07 Å². The van der Waals surface area contributed by atoms with Crippen molar-refractivity contribution in [2.45, 2.75) is 51.4 Å². The zero-order chi connectivity index (χ0) is 13.0. The number of nitriles is 1. The van der Waals surface area contributed by atoms with Crippen LogP contribution in [0.1, 0.15) is 33.1 Å². The van der Waals surface area contributed by atoms with E-state index in [-0.39, 0.29) is 37.2 Å². The van der Waals surface area contributed by atoms with E-state index in [0.717, 1.165) is 12.8 Å². The van der Waals surface area contributed by atoms with Crippen molar-refractivity contribution in [2.75, 3.05) is 6.54 Å². The van der Waals surface area contributed by atoms with E-state index in [1.165, 1.54) is 4.90 Å².